The number of allylic oxidation sites excluding steroid dienone is 2. The van der Waals surface area contributed by atoms with E-state index in [1.807, 2.05) is 0 Å². The van der Waals surface area contributed by atoms with Crippen molar-refractivity contribution in [3.8, 4) is 0 Å². The van der Waals surface area contributed by atoms with Crippen LogP contribution in [-0.4, -0.2) is 4.70 Å². The number of nitrogens with zero attached hydrogens (tertiary/aromatic N) is 2. The van der Waals surface area contributed by atoms with Gasteiger partial charge in [0.05, 0.1) is 0 Å². The van der Waals surface area contributed by atoms with Crippen molar-refractivity contribution < 1.29 is 21.2 Å². The largest absolute Gasteiger partial charge is 2.00 e. The Balaban J connectivity index is 0.00000338. The maximum absolute atomic E-state index is 11.9. The van der Waals surface area contributed by atoms with Crippen molar-refractivity contribution in [1.82, 2.24) is 0 Å². The van der Waals surface area contributed by atoms with Crippen LogP contribution in [0.25, 0.3) is 16.9 Å². The summed E-state index contributed by atoms with van der Waals surface area (Å²) >= 11 is 0. The van der Waals surface area contributed by atoms with Crippen LogP contribution in [0.4, 0.5) is 0 Å². The summed E-state index contributed by atoms with van der Waals surface area (Å²) in [6.45, 7) is 19.1. The summed E-state index contributed by atoms with van der Waals surface area (Å²) in [4.78, 5) is 0. The molecule has 0 spiro atoms. The first-order valence-corrected chi connectivity index (χ1v) is 17.2. The van der Waals surface area contributed by atoms with Gasteiger partial charge in [0.2, 0.25) is 11.4 Å². The van der Waals surface area contributed by atoms with Crippen LogP contribution < -0.4 is 0 Å². The molecule has 1 heterocycles. The molecule has 0 atom stereocenters. The van der Waals surface area contributed by atoms with Crippen molar-refractivity contribution in [1.29, 1.82) is 0 Å². The third-order valence-corrected chi connectivity index (χ3v) is 7.96. The zero-order valence-corrected chi connectivity index (χ0v) is 29.5. The topological polar surface area (TPSA) is 25.3 Å². The third-order valence-electron chi connectivity index (χ3n) is 7.96. The Morgan fingerprint density at radius 2 is 0.884 bits per heavy atom. The maximum atomic E-state index is 11.9. The maximum Gasteiger partial charge on any atom is 2.00 e. The van der Waals surface area contributed by atoms with E-state index in [-0.39, 0.29) is 16.5 Å². The third kappa shape index (κ3) is 13.3. The molecule has 0 unspecified atom stereocenters. The number of aryl methyl sites for hydroxylation is 2. The summed E-state index contributed by atoms with van der Waals surface area (Å²) < 4.78 is 1.56. The van der Waals surface area contributed by atoms with Gasteiger partial charge in [-0.1, -0.05) is 103 Å². The number of hydrogen-bond acceptors (Lipinski definition) is 0. The van der Waals surface area contributed by atoms with E-state index < -0.39 is 0 Å². The van der Waals surface area contributed by atoms with Gasteiger partial charge in [-0.2, -0.15) is 13.8 Å². The molecule has 2 aromatic rings. The number of unbranched alkanes of at least 4 members (excludes halogenated alkanes) is 8. The van der Waals surface area contributed by atoms with Gasteiger partial charge in [-0.05, 0) is 86.8 Å². The summed E-state index contributed by atoms with van der Waals surface area (Å²) in [7, 11) is 0. The summed E-state index contributed by atoms with van der Waals surface area (Å²) in [5.74, 6) is 0. The van der Waals surface area contributed by atoms with Crippen LogP contribution in [0.3, 0.4) is 0 Å². The van der Waals surface area contributed by atoms with E-state index >= 15 is 0 Å². The first kappa shape index (κ1) is 41.0. The fourth-order valence-corrected chi connectivity index (χ4v) is 5.73. The van der Waals surface area contributed by atoms with Crippen molar-refractivity contribution in [2.45, 2.75) is 144 Å². The summed E-state index contributed by atoms with van der Waals surface area (Å²) in [5.41, 5.74) is 21.8. The summed E-state index contributed by atoms with van der Waals surface area (Å²) in [6, 6.07) is 17.9. The van der Waals surface area contributed by atoms with E-state index in [9.17, 15) is 5.53 Å². The average molecular weight is 630 g/mol. The molecule has 3 heteroatoms. The molecule has 242 valence electrons. The van der Waals surface area contributed by atoms with Crippen molar-refractivity contribution in [3.63, 3.8) is 0 Å². The molecule has 1 aliphatic rings. The van der Waals surface area contributed by atoms with E-state index in [0.717, 1.165) is 61.0 Å². The Morgan fingerprint density at radius 1 is 0.512 bits per heavy atom. The van der Waals surface area contributed by atoms with Gasteiger partial charge < -0.3 is 19.4 Å². The smallest absolute Gasteiger partial charge is 0.493 e. The van der Waals surface area contributed by atoms with E-state index in [2.05, 4.69) is 90.1 Å². The Labute approximate surface area is 277 Å². The predicted molar refractivity (Wildman–Crippen MR) is 187 cm³/mol. The van der Waals surface area contributed by atoms with E-state index in [0.29, 0.717) is 0 Å². The molecule has 2 nitrogen and oxygen atoms in total. The zero-order valence-electron chi connectivity index (χ0n) is 28.6. The molecule has 0 saturated heterocycles. The van der Waals surface area contributed by atoms with Crippen LogP contribution in [0.1, 0.15) is 154 Å². The van der Waals surface area contributed by atoms with Gasteiger partial charge in [0.1, 0.15) is 0 Å². The number of benzene rings is 2. The van der Waals surface area contributed by atoms with Gasteiger partial charge in [0.15, 0.2) is 0 Å². The first-order valence-electron chi connectivity index (χ1n) is 17.2. The molecular weight excluding hydrogens is 567 g/mol. The monoisotopic (exact) mass is 628 g/mol. The van der Waals surface area contributed by atoms with Crippen molar-refractivity contribution in [2.75, 3.05) is 0 Å². The Bertz CT molecular complexity index is 1100. The van der Waals surface area contributed by atoms with Crippen LogP contribution in [-0.2, 0) is 29.3 Å². The van der Waals surface area contributed by atoms with Crippen molar-refractivity contribution >= 4 is 11.4 Å². The van der Waals surface area contributed by atoms with Gasteiger partial charge in [0, 0.05) is 22.3 Å². The standard InChI is InChI=1S/C36H52N2.2C2H5.Ni/c1-5-9-13-14-15-16-26-34-33(25-12-8-4)35(31-23-17-21-29(27-31)19-10-6-2)38(37)36(34)32-24-18-22-30(28-32)20-11-7-3;2*1-2;/h17-18,21-24,27-28H,5-16,19-20,25-26H2,1-4H3;2*1H2,2H3;/q;2*-1;+2. The molecule has 43 heavy (non-hydrogen) atoms. The molecular formula is C40H62N2Ni. The van der Waals surface area contributed by atoms with Crippen LogP contribution >= 0.6 is 0 Å². The second-order valence-corrected chi connectivity index (χ2v) is 11.2. The minimum atomic E-state index is 0. The second kappa shape index (κ2) is 25.4. The van der Waals surface area contributed by atoms with Crippen LogP contribution in [0.2, 0.25) is 0 Å². The van der Waals surface area contributed by atoms with Crippen LogP contribution in [0.5, 0.6) is 0 Å². The zero-order chi connectivity index (χ0) is 31.2. The van der Waals surface area contributed by atoms with Gasteiger partial charge in [0.25, 0.3) is 0 Å². The first-order chi connectivity index (χ1) is 20.6. The molecule has 0 fully saturated rings. The molecule has 0 bridgehead atoms. The molecule has 3 rings (SSSR count). The van der Waals surface area contributed by atoms with E-state index in [1.54, 1.807) is 18.5 Å². The average Bonchev–Trinajstić information content (AvgIpc) is 3.32. The Morgan fingerprint density at radius 3 is 1.33 bits per heavy atom. The van der Waals surface area contributed by atoms with Gasteiger partial charge >= 0.3 is 16.5 Å². The minimum absolute atomic E-state index is 0. The quantitative estimate of drug-likeness (QED) is 0.0679. The fraction of sp³-hybridized carbons (Fsp3) is 0.550. The van der Waals surface area contributed by atoms with Gasteiger partial charge in [-0.15, -0.1) is 0 Å². The van der Waals surface area contributed by atoms with E-state index in [1.165, 1.54) is 86.5 Å². The molecule has 0 amide bonds. The summed E-state index contributed by atoms with van der Waals surface area (Å²) in [5, 5.41) is 0. The van der Waals surface area contributed by atoms with Crippen molar-refractivity contribution in [3.05, 3.63) is 101 Å². The van der Waals surface area contributed by atoms with Gasteiger partial charge in [-0.25, -0.2) is 4.70 Å². The molecule has 1 aliphatic heterocycles. The fourth-order valence-electron chi connectivity index (χ4n) is 5.73. The van der Waals surface area contributed by atoms with Crippen LogP contribution in [0.15, 0.2) is 59.7 Å². The minimum Gasteiger partial charge on any atom is -0.493 e. The molecule has 0 radical (unpaired) electrons. The second-order valence-electron chi connectivity index (χ2n) is 11.2. The molecule has 0 saturated carbocycles. The van der Waals surface area contributed by atoms with Gasteiger partial charge in [-0.3, -0.25) is 0 Å². The summed E-state index contributed by atoms with van der Waals surface area (Å²) in [6.07, 6.45) is 19.1. The molecule has 0 aromatic heterocycles. The van der Waals surface area contributed by atoms with Crippen molar-refractivity contribution in [2.24, 2.45) is 0 Å². The Kier molecular flexibility index (Phi) is 24.2. The van der Waals surface area contributed by atoms with E-state index in [4.69, 9.17) is 0 Å². The van der Waals surface area contributed by atoms with Crippen LogP contribution in [0, 0.1) is 13.8 Å². The Hall–Kier alpha value is -1.99. The normalized spacial score (nSPS) is 12.4. The number of rotatable bonds is 18. The molecule has 2 aromatic carbocycles. The molecule has 0 aliphatic carbocycles. The predicted octanol–water partition coefficient (Wildman–Crippen LogP) is 13.2. The molecule has 0 N–H and O–H groups in total. The SMILES string of the molecule is CCCCCCCCC1=C(c2cccc(CCCC)c2)[N+](=[N-])C(c2cccc(CCCC)c2)=C1CCCC.[CH2-]C.[CH2-]C.[Ni+2]. The number of hydrogen-bond donors (Lipinski definition) is 0.